The Labute approximate surface area is 196 Å². The van der Waals surface area contributed by atoms with E-state index in [9.17, 15) is 19.5 Å². The smallest absolute Gasteiger partial charge is 0.407 e. The maximum Gasteiger partial charge on any atom is 0.407 e. The summed E-state index contributed by atoms with van der Waals surface area (Å²) in [5, 5.41) is 11.9. The van der Waals surface area contributed by atoms with E-state index in [0.29, 0.717) is 5.69 Å². The quantitative estimate of drug-likeness (QED) is 0.473. The summed E-state index contributed by atoms with van der Waals surface area (Å²) in [5.74, 6) is -1.80. The predicted octanol–water partition coefficient (Wildman–Crippen LogP) is 2.79. The highest BCUT2D eigenvalue weighted by atomic mass is 16.5. The minimum Gasteiger partial charge on any atom is -0.480 e. The summed E-state index contributed by atoms with van der Waals surface area (Å²) >= 11 is 0. The third kappa shape index (κ3) is 4.63. The van der Waals surface area contributed by atoms with Gasteiger partial charge in [0.25, 0.3) is 0 Å². The van der Waals surface area contributed by atoms with Crippen LogP contribution in [0.5, 0.6) is 0 Å². The number of fused-ring (bicyclic) bond motifs is 3. The molecule has 4 rings (SSSR count). The number of carbonyl (C=O) groups excluding carboxylic acids is 2. The summed E-state index contributed by atoms with van der Waals surface area (Å²) in [6, 6.07) is 13.9. The number of aromatic amines is 1. The molecule has 0 radical (unpaired) electrons. The molecule has 9 heteroatoms. The zero-order valence-corrected chi connectivity index (χ0v) is 18.9. The molecular formula is C25H26N4O5. The molecule has 34 heavy (non-hydrogen) atoms. The molecule has 2 atom stereocenters. The van der Waals surface area contributed by atoms with E-state index < -0.39 is 30.1 Å². The molecule has 0 fully saturated rings. The highest BCUT2D eigenvalue weighted by Gasteiger charge is 2.32. The third-order valence-electron chi connectivity index (χ3n) is 6.20. The van der Waals surface area contributed by atoms with Crippen LogP contribution in [-0.4, -0.2) is 63.7 Å². The van der Waals surface area contributed by atoms with Gasteiger partial charge in [-0.3, -0.25) is 4.79 Å². The second kappa shape index (κ2) is 9.78. The average molecular weight is 463 g/mol. The van der Waals surface area contributed by atoms with Crippen molar-refractivity contribution in [3.63, 3.8) is 0 Å². The number of carbonyl (C=O) groups is 3. The minimum atomic E-state index is -1.14. The number of ether oxygens (including phenoxy) is 1. The molecule has 1 aliphatic rings. The number of imidazole rings is 1. The normalized spacial score (nSPS) is 13.9. The average Bonchev–Trinajstić information content (AvgIpc) is 3.47. The number of nitrogens with one attached hydrogen (secondary N) is 2. The first-order chi connectivity index (χ1) is 16.4. The molecule has 1 aliphatic carbocycles. The van der Waals surface area contributed by atoms with Gasteiger partial charge < -0.3 is 25.0 Å². The van der Waals surface area contributed by atoms with Crippen molar-refractivity contribution in [2.75, 3.05) is 13.7 Å². The Bertz CT molecular complexity index is 1150. The number of amides is 2. The van der Waals surface area contributed by atoms with E-state index in [-0.39, 0.29) is 18.9 Å². The standard InChI is InChI=1S/C25H26N4O5/c1-15(24(31)32)29(2)23(30)22(11-16-12-26-14-27-16)28-25(33)34-13-21-19-9-5-3-7-17(19)18-8-4-6-10-20(18)21/h3-10,12,14-15,21-22H,11,13H2,1-2H3,(H,26,27)(H,28,33)(H,31,32)/t15?,22-/m0/s1. The van der Waals surface area contributed by atoms with Crippen LogP contribution >= 0.6 is 0 Å². The molecular weight excluding hydrogens is 436 g/mol. The van der Waals surface area contributed by atoms with Gasteiger partial charge in [0.2, 0.25) is 5.91 Å². The van der Waals surface area contributed by atoms with E-state index in [2.05, 4.69) is 15.3 Å². The highest BCUT2D eigenvalue weighted by molar-refractivity contribution is 5.89. The number of aliphatic carboxylic acids is 1. The van der Waals surface area contributed by atoms with Crippen molar-refractivity contribution in [2.45, 2.75) is 31.3 Å². The maximum atomic E-state index is 13.0. The van der Waals surface area contributed by atoms with Crippen LogP contribution in [0.1, 0.15) is 29.7 Å². The third-order valence-corrected chi connectivity index (χ3v) is 6.20. The Morgan fingerprint density at radius 1 is 1.12 bits per heavy atom. The number of alkyl carbamates (subject to hydrolysis) is 1. The van der Waals surface area contributed by atoms with Crippen molar-refractivity contribution in [3.8, 4) is 11.1 Å². The topological polar surface area (TPSA) is 125 Å². The van der Waals surface area contributed by atoms with E-state index in [0.717, 1.165) is 27.2 Å². The maximum absolute atomic E-state index is 13.0. The van der Waals surface area contributed by atoms with Crippen LogP contribution in [0.25, 0.3) is 11.1 Å². The van der Waals surface area contributed by atoms with Crippen molar-refractivity contribution in [2.24, 2.45) is 0 Å². The number of rotatable bonds is 8. The van der Waals surface area contributed by atoms with E-state index in [1.807, 2.05) is 48.5 Å². The van der Waals surface area contributed by atoms with Crippen LogP contribution in [0, 0.1) is 0 Å². The first-order valence-electron chi connectivity index (χ1n) is 10.9. The van der Waals surface area contributed by atoms with Crippen LogP contribution in [0.3, 0.4) is 0 Å². The van der Waals surface area contributed by atoms with Crippen molar-refractivity contribution >= 4 is 18.0 Å². The molecule has 0 aliphatic heterocycles. The molecule has 0 spiro atoms. The molecule has 1 aromatic heterocycles. The molecule has 0 bridgehead atoms. The van der Waals surface area contributed by atoms with Crippen LogP contribution in [0.4, 0.5) is 4.79 Å². The molecule has 176 valence electrons. The Morgan fingerprint density at radius 2 is 1.74 bits per heavy atom. The van der Waals surface area contributed by atoms with E-state index in [1.165, 1.54) is 20.3 Å². The number of aromatic nitrogens is 2. The Balaban J connectivity index is 1.47. The van der Waals surface area contributed by atoms with Crippen LogP contribution in [-0.2, 0) is 20.7 Å². The monoisotopic (exact) mass is 462 g/mol. The van der Waals surface area contributed by atoms with Gasteiger partial charge in [-0.25, -0.2) is 14.6 Å². The lowest BCUT2D eigenvalue weighted by atomic mass is 9.98. The summed E-state index contributed by atoms with van der Waals surface area (Å²) in [5.41, 5.74) is 5.01. The molecule has 1 unspecified atom stereocenters. The minimum absolute atomic E-state index is 0.103. The van der Waals surface area contributed by atoms with Gasteiger partial charge in [0.15, 0.2) is 0 Å². The van der Waals surface area contributed by atoms with Gasteiger partial charge in [0, 0.05) is 31.3 Å². The number of carboxylic acid groups (broad SMARTS) is 1. The summed E-state index contributed by atoms with van der Waals surface area (Å²) in [7, 11) is 1.39. The van der Waals surface area contributed by atoms with Crippen molar-refractivity contribution in [3.05, 3.63) is 77.9 Å². The van der Waals surface area contributed by atoms with Gasteiger partial charge in [-0.1, -0.05) is 48.5 Å². The summed E-state index contributed by atoms with van der Waals surface area (Å²) in [4.78, 5) is 45.0. The van der Waals surface area contributed by atoms with Crippen molar-refractivity contribution in [1.82, 2.24) is 20.2 Å². The zero-order valence-electron chi connectivity index (χ0n) is 18.9. The fourth-order valence-corrected chi connectivity index (χ4v) is 4.20. The molecule has 2 aromatic carbocycles. The Hall–Kier alpha value is -4.14. The first-order valence-corrected chi connectivity index (χ1v) is 10.9. The van der Waals surface area contributed by atoms with Crippen LogP contribution < -0.4 is 5.32 Å². The lowest BCUT2D eigenvalue weighted by molar-refractivity contribution is -0.148. The largest absolute Gasteiger partial charge is 0.480 e. The second-order valence-corrected chi connectivity index (χ2v) is 8.27. The zero-order chi connectivity index (χ0) is 24.2. The lowest BCUT2D eigenvalue weighted by Crippen LogP contribution is -2.52. The van der Waals surface area contributed by atoms with Crippen LogP contribution in [0.2, 0.25) is 0 Å². The van der Waals surface area contributed by atoms with Gasteiger partial charge in [0.1, 0.15) is 18.7 Å². The van der Waals surface area contributed by atoms with Gasteiger partial charge in [-0.05, 0) is 29.2 Å². The SMILES string of the molecule is CC(C(=O)O)N(C)C(=O)[C@H](Cc1cnc[nH]1)NC(=O)OCC1c2ccccc2-c2ccccc21. The Kier molecular flexibility index (Phi) is 6.62. The number of hydrogen-bond donors (Lipinski definition) is 3. The number of carboxylic acids is 1. The molecule has 9 nitrogen and oxygen atoms in total. The molecule has 2 amide bonds. The number of nitrogens with zero attached hydrogens (tertiary/aromatic N) is 2. The van der Waals surface area contributed by atoms with Crippen LogP contribution in [0.15, 0.2) is 61.1 Å². The van der Waals surface area contributed by atoms with E-state index >= 15 is 0 Å². The van der Waals surface area contributed by atoms with E-state index in [4.69, 9.17) is 4.74 Å². The summed E-state index contributed by atoms with van der Waals surface area (Å²) in [6.45, 7) is 1.51. The van der Waals surface area contributed by atoms with Gasteiger partial charge in [-0.2, -0.15) is 0 Å². The number of hydrogen-bond acceptors (Lipinski definition) is 5. The van der Waals surface area contributed by atoms with E-state index in [1.54, 1.807) is 6.20 Å². The first kappa shape index (κ1) is 23.0. The fourth-order valence-electron chi connectivity index (χ4n) is 4.20. The number of benzene rings is 2. The van der Waals surface area contributed by atoms with Gasteiger partial charge in [0.05, 0.1) is 6.33 Å². The second-order valence-electron chi connectivity index (χ2n) is 8.27. The van der Waals surface area contributed by atoms with Gasteiger partial charge in [-0.15, -0.1) is 0 Å². The Morgan fingerprint density at radius 3 is 2.29 bits per heavy atom. The number of likely N-dealkylation sites (N-methyl/N-ethyl adjacent to an activating group) is 1. The predicted molar refractivity (Wildman–Crippen MR) is 124 cm³/mol. The molecule has 0 saturated carbocycles. The van der Waals surface area contributed by atoms with Crippen molar-refractivity contribution in [1.29, 1.82) is 0 Å². The highest BCUT2D eigenvalue weighted by Crippen LogP contribution is 2.44. The van der Waals surface area contributed by atoms with Gasteiger partial charge >= 0.3 is 12.1 Å². The summed E-state index contributed by atoms with van der Waals surface area (Å²) in [6.07, 6.45) is 2.37. The molecule has 3 N–H and O–H groups in total. The fraction of sp³-hybridized carbons (Fsp3) is 0.280. The number of H-pyrrole nitrogens is 1. The lowest BCUT2D eigenvalue weighted by Gasteiger charge is -2.27. The molecule has 3 aromatic rings. The summed E-state index contributed by atoms with van der Waals surface area (Å²) < 4.78 is 5.56. The molecule has 1 heterocycles. The molecule has 0 saturated heterocycles. The van der Waals surface area contributed by atoms with Crippen molar-refractivity contribution < 1.29 is 24.2 Å².